The highest BCUT2D eigenvalue weighted by Gasteiger charge is 2.43. The molecule has 4 rings (SSSR count). The maximum absolute atomic E-state index is 13.4. The van der Waals surface area contributed by atoms with Crippen LogP contribution >= 0.6 is 0 Å². The van der Waals surface area contributed by atoms with Crippen LogP contribution in [0.5, 0.6) is 0 Å². The van der Waals surface area contributed by atoms with Gasteiger partial charge in [0, 0.05) is 12.3 Å². The van der Waals surface area contributed by atoms with E-state index in [0.717, 1.165) is 42.7 Å². The third-order valence-electron chi connectivity index (χ3n) is 7.66. The standard InChI is InChI=1S/C28H35FO/c1-18-6-5-7-21(12-18)15-27(30)25-17-28(3,4)26-13-19(2)22(16-24(25)26)14-20-8-10-23(29)11-9-20/h8-11,16,18,21,25H,2,5-7,12-15,17H2,1,3-4H3/t18-,21?,25?/m0/s1. The molecule has 0 bridgehead atoms. The van der Waals surface area contributed by atoms with E-state index in [9.17, 15) is 9.18 Å². The molecule has 2 heteroatoms. The number of carbonyl (C=O) groups excluding carboxylic acids is 1. The first-order valence-electron chi connectivity index (χ1n) is 11.6. The van der Waals surface area contributed by atoms with Crippen molar-refractivity contribution in [3.63, 3.8) is 0 Å². The average Bonchev–Trinajstić information content (AvgIpc) is 2.94. The van der Waals surface area contributed by atoms with Crippen LogP contribution in [0.4, 0.5) is 4.39 Å². The minimum absolute atomic E-state index is 0.0311. The Kier molecular flexibility index (Phi) is 5.88. The SMILES string of the molecule is C=C1CC2=C(C=C1Cc1ccc(F)cc1)C(C(=O)CC1CCC[C@H](C)C1)CC2(C)C. The largest absolute Gasteiger partial charge is 0.299 e. The molecule has 1 aromatic rings. The van der Waals surface area contributed by atoms with Crippen molar-refractivity contribution in [3.05, 3.63) is 70.6 Å². The molecule has 3 aliphatic rings. The number of allylic oxidation sites excluding steroid dienone is 5. The van der Waals surface area contributed by atoms with Gasteiger partial charge in [0.25, 0.3) is 0 Å². The van der Waals surface area contributed by atoms with Crippen molar-refractivity contribution < 1.29 is 9.18 Å². The first-order valence-corrected chi connectivity index (χ1v) is 11.6. The average molecular weight is 407 g/mol. The molecule has 3 aliphatic carbocycles. The summed E-state index contributed by atoms with van der Waals surface area (Å²) in [6, 6.07) is 6.72. The Morgan fingerprint density at radius 3 is 2.63 bits per heavy atom. The number of ketones is 1. The van der Waals surface area contributed by atoms with E-state index in [2.05, 4.69) is 33.4 Å². The van der Waals surface area contributed by atoms with Crippen LogP contribution in [0.15, 0.2) is 59.2 Å². The lowest BCUT2D eigenvalue weighted by Gasteiger charge is -2.27. The molecular weight excluding hydrogens is 371 g/mol. The first-order chi connectivity index (χ1) is 14.2. The number of carbonyl (C=O) groups is 1. The predicted octanol–water partition coefficient (Wildman–Crippen LogP) is 7.38. The lowest BCUT2D eigenvalue weighted by Crippen LogP contribution is -2.22. The van der Waals surface area contributed by atoms with Crippen molar-refractivity contribution in [2.45, 2.75) is 72.1 Å². The Labute approximate surface area is 181 Å². The van der Waals surface area contributed by atoms with Gasteiger partial charge in [0.15, 0.2) is 0 Å². The molecular formula is C28H35FO. The molecule has 0 amide bonds. The van der Waals surface area contributed by atoms with Crippen molar-refractivity contribution in [2.24, 2.45) is 23.2 Å². The third-order valence-corrected chi connectivity index (χ3v) is 7.66. The van der Waals surface area contributed by atoms with Crippen LogP contribution in [-0.4, -0.2) is 5.78 Å². The second-order valence-electron chi connectivity index (χ2n) is 10.6. The molecule has 1 aromatic carbocycles. The molecule has 1 nitrogen and oxygen atoms in total. The van der Waals surface area contributed by atoms with Gasteiger partial charge < -0.3 is 0 Å². The molecule has 160 valence electrons. The Morgan fingerprint density at radius 2 is 1.93 bits per heavy atom. The fourth-order valence-corrected chi connectivity index (χ4v) is 5.95. The van der Waals surface area contributed by atoms with Crippen LogP contribution in [0.1, 0.15) is 71.3 Å². The Hall–Kier alpha value is -1.96. The van der Waals surface area contributed by atoms with E-state index < -0.39 is 0 Å². The van der Waals surface area contributed by atoms with Gasteiger partial charge in [-0.1, -0.05) is 70.4 Å². The summed E-state index contributed by atoms with van der Waals surface area (Å²) >= 11 is 0. The molecule has 0 N–H and O–H groups in total. The number of halogens is 1. The van der Waals surface area contributed by atoms with Crippen LogP contribution in [0.2, 0.25) is 0 Å². The van der Waals surface area contributed by atoms with E-state index in [1.54, 1.807) is 0 Å². The summed E-state index contributed by atoms with van der Waals surface area (Å²) in [7, 11) is 0. The van der Waals surface area contributed by atoms with Crippen LogP contribution in [0.3, 0.4) is 0 Å². The van der Waals surface area contributed by atoms with Crippen molar-refractivity contribution in [3.8, 4) is 0 Å². The van der Waals surface area contributed by atoms with Gasteiger partial charge in [-0.15, -0.1) is 0 Å². The van der Waals surface area contributed by atoms with Crippen LogP contribution in [-0.2, 0) is 11.2 Å². The molecule has 0 radical (unpaired) electrons. The lowest BCUT2D eigenvalue weighted by atomic mass is 9.77. The maximum atomic E-state index is 13.4. The summed E-state index contributed by atoms with van der Waals surface area (Å²) in [5, 5.41) is 0. The van der Waals surface area contributed by atoms with Gasteiger partial charge in [-0.2, -0.15) is 0 Å². The lowest BCUT2D eigenvalue weighted by molar-refractivity contribution is -0.123. The summed E-state index contributed by atoms with van der Waals surface area (Å²) in [5.74, 6) is 1.59. The van der Waals surface area contributed by atoms with Crippen molar-refractivity contribution in [1.29, 1.82) is 0 Å². The number of hydrogen-bond donors (Lipinski definition) is 0. The third kappa shape index (κ3) is 4.38. The molecule has 1 saturated carbocycles. The van der Waals surface area contributed by atoms with Gasteiger partial charge in [-0.25, -0.2) is 4.39 Å². The Balaban J connectivity index is 1.56. The van der Waals surface area contributed by atoms with E-state index in [4.69, 9.17) is 0 Å². The van der Waals surface area contributed by atoms with Gasteiger partial charge in [0.05, 0.1) is 0 Å². The molecule has 3 atom stereocenters. The van der Waals surface area contributed by atoms with Crippen LogP contribution in [0, 0.1) is 29.0 Å². The number of benzene rings is 1. The molecule has 0 aromatic heterocycles. The molecule has 0 spiro atoms. The topological polar surface area (TPSA) is 17.1 Å². The summed E-state index contributed by atoms with van der Waals surface area (Å²) in [6.07, 6.45) is 10.5. The summed E-state index contributed by atoms with van der Waals surface area (Å²) in [6.45, 7) is 11.2. The van der Waals surface area contributed by atoms with Crippen molar-refractivity contribution in [1.82, 2.24) is 0 Å². The fraction of sp³-hybridized carbons (Fsp3) is 0.536. The number of hydrogen-bond acceptors (Lipinski definition) is 1. The monoisotopic (exact) mass is 406 g/mol. The van der Waals surface area contributed by atoms with E-state index in [-0.39, 0.29) is 17.2 Å². The fourth-order valence-electron chi connectivity index (χ4n) is 5.95. The summed E-state index contributed by atoms with van der Waals surface area (Å²) in [5.41, 5.74) is 6.15. The highest BCUT2D eigenvalue weighted by Crippen LogP contribution is 2.52. The zero-order valence-corrected chi connectivity index (χ0v) is 18.8. The van der Waals surface area contributed by atoms with E-state index in [1.165, 1.54) is 54.5 Å². The summed E-state index contributed by atoms with van der Waals surface area (Å²) < 4.78 is 13.3. The van der Waals surface area contributed by atoms with Gasteiger partial charge >= 0.3 is 0 Å². The Morgan fingerprint density at radius 1 is 1.20 bits per heavy atom. The quantitative estimate of drug-likeness (QED) is 0.498. The molecule has 1 fully saturated rings. The second-order valence-corrected chi connectivity index (χ2v) is 10.6. The van der Waals surface area contributed by atoms with E-state index in [0.29, 0.717) is 11.7 Å². The Bertz CT molecular complexity index is 899. The second kappa shape index (κ2) is 8.29. The van der Waals surface area contributed by atoms with Gasteiger partial charge in [-0.3, -0.25) is 4.79 Å². The molecule has 0 saturated heterocycles. The van der Waals surface area contributed by atoms with Gasteiger partial charge in [0.2, 0.25) is 0 Å². The van der Waals surface area contributed by atoms with Gasteiger partial charge in [-0.05, 0) is 77.3 Å². The predicted molar refractivity (Wildman–Crippen MR) is 122 cm³/mol. The molecule has 0 heterocycles. The van der Waals surface area contributed by atoms with Gasteiger partial charge in [0.1, 0.15) is 11.6 Å². The summed E-state index contributed by atoms with van der Waals surface area (Å²) in [4.78, 5) is 13.4. The van der Waals surface area contributed by atoms with E-state index >= 15 is 0 Å². The van der Waals surface area contributed by atoms with Crippen LogP contribution < -0.4 is 0 Å². The minimum Gasteiger partial charge on any atom is -0.299 e. The normalized spacial score (nSPS) is 28.3. The maximum Gasteiger partial charge on any atom is 0.140 e. The molecule has 30 heavy (non-hydrogen) atoms. The molecule has 2 unspecified atom stereocenters. The van der Waals surface area contributed by atoms with Crippen molar-refractivity contribution in [2.75, 3.05) is 0 Å². The zero-order valence-electron chi connectivity index (χ0n) is 18.8. The highest BCUT2D eigenvalue weighted by atomic mass is 19.1. The van der Waals surface area contributed by atoms with Crippen LogP contribution in [0.25, 0.3) is 0 Å². The first kappa shape index (κ1) is 21.3. The highest BCUT2D eigenvalue weighted by molar-refractivity contribution is 5.86. The number of Topliss-reactive ketones (excluding diaryl/α,β-unsaturated/α-hetero) is 1. The number of rotatable bonds is 5. The minimum atomic E-state index is -0.208. The smallest absolute Gasteiger partial charge is 0.140 e. The van der Waals surface area contributed by atoms with E-state index in [1.807, 2.05) is 12.1 Å². The molecule has 0 aliphatic heterocycles. The van der Waals surface area contributed by atoms with Crippen molar-refractivity contribution >= 4 is 5.78 Å². The zero-order chi connectivity index (χ0) is 21.5.